The maximum atomic E-state index is 11.9. The smallest absolute Gasteiger partial charge is 0.392 e. The van der Waals surface area contributed by atoms with Crippen LogP contribution in [0.25, 0.3) is 0 Å². The predicted molar refractivity (Wildman–Crippen MR) is 60.2 cm³/mol. The zero-order valence-corrected chi connectivity index (χ0v) is 9.61. The molecule has 1 aromatic rings. The van der Waals surface area contributed by atoms with Crippen LogP contribution in [0.5, 0.6) is 5.75 Å². The summed E-state index contributed by atoms with van der Waals surface area (Å²) in [6, 6.07) is 6.49. The highest BCUT2D eigenvalue weighted by Gasteiger charge is 2.26. The summed E-state index contributed by atoms with van der Waals surface area (Å²) in [6.45, 7) is -0.379. The standard InChI is InChI=1S/C12H10ClF3O/c13-8-1-2-10-3-5-11(6-4-10)17-9-7-12(14,15)16/h3-6H,7-9H2. The van der Waals surface area contributed by atoms with Crippen LogP contribution in [0.1, 0.15) is 12.0 Å². The largest absolute Gasteiger partial charge is 0.493 e. The summed E-state index contributed by atoms with van der Waals surface area (Å²) >= 11 is 5.39. The molecule has 0 radical (unpaired) electrons. The van der Waals surface area contributed by atoms with Gasteiger partial charge in [-0.05, 0) is 24.3 Å². The Bertz CT molecular complexity index is 400. The van der Waals surface area contributed by atoms with Crippen LogP contribution in [0.2, 0.25) is 0 Å². The van der Waals surface area contributed by atoms with E-state index in [1.165, 1.54) is 0 Å². The molecule has 0 heterocycles. The maximum Gasteiger partial charge on any atom is 0.392 e. The molecule has 0 amide bonds. The Hall–Kier alpha value is -1.34. The van der Waals surface area contributed by atoms with Gasteiger partial charge in [0.05, 0.1) is 18.9 Å². The molecule has 1 aromatic carbocycles. The van der Waals surface area contributed by atoms with E-state index in [0.29, 0.717) is 5.75 Å². The van der Waals surface area contributed by atoms with Gasteiger partial charge in [-0.15, -0.1) is 11.6 Å². The van der Waals surface area contributed by atoms with Gasteiger partial charge < -0.3 is 4.74 Å². The summed E-state index contributed by atoms with van der Waals surface area (Å²) in [6.07, 6.45) is -5.15. The first-order valence-corrected chi connectivity index (χ1v) is 5.39. The van der Waals surface area contributed by atoms with E-state index in [9.17, 15) is 13.2 Å². The van der Waals surface area contributed by atoms with Crippen LogP contribution in [-0.2, 0) is 0 Å². The van der Waals surface area contributed by atoms with Gasteiger partial charge in [-0.3, -0.25) is 0 Å². The van der Waals surface area contributed by atoms with Crippen LogP contribution >= 0.6 is 11.6 Å². The molecule has 0 aliphatic heterocycles. The lowest BCUT2D eigenvalue weighted by Gasteiger charge is -2.08. The summed E-state index contributed by atoms with van der Waals surface area (Å²) in [5.41, 5.74) is 0.744. The van der Waals surface area contributed by atoms with Gasteiger partial charge in [0.1, 0.15) is 5.75 Å². The fraction of sp³-hybridized carbons (Fsp3) is 0.333. The van der Waals surface area contributed by atoms with Gasteiger partial charge >= 0.3 is 6.18 Å². The fourth-order valence-electron chi connectivity index (χ4n) is 1.05. The molecule has 0 aliphatic rings. The number of ether oxygens (including phenoxy) is 1. The monoisotopic (exact) mass is 262 g/mol. The molecule has 0 fully saturated rings. The quantitative estimate of drug-likeness (QED) is 0.597. The number of halogens is 4. The van der Waals surface area contributed by atoms with Crippen LogP contribution in [0.15, 0.2) is 24.3 Å². The van der Waals surface area contributed by atoms with E-state index in [1.54, 1.807) is 24.3 Å². The second kappa shape index (κ2) is 6.41. The van der Waals surface area contributed by atoms with Crippen LogP contribution in [0, 0.1) is 11.8 Å². The highest BCUT2D eigenvalue weighted by molar-refractivity contribution is 6.19. The number of alkyl halides is 4. The Balaban J connectivity index is 2.46. The molecular formula is C12H10ClF3O. The van der Waals surface area contributed by atoms with E-state index >= 15 is 0 Å². The third-order valence-electron chi connectivity index (χ3n) is 1.81. The zero-order chi connectivity index (χ0) is 12.7. The zero-order valence-electron chi connectivity index (χ0n) is 8.85. The third-order valence-corrected chi connectivity index (χ3v) is 1.94. The van der Waals surface area contributed by atoms with Crippen LogP contribution < -0.4 is 4.74 Å². The highest BCUT2D eigenvalue weighted by atomic mass is 35.5. The number of hydrogen-bond donors (Lipinski definition) is 0. The Morgan fingerprint density at radius 3 is 2.35 bits per heavy atom. The Morgan fingerprint density at radius 1 is 1.18 bits per heavy atom. The predicted octanol–water partition coefficient (Wildman–Crippen LogP) is 3.61. The summed E-state index contributed by atoms with van der Waals surface area (Å²) < 4.78 is 40.5. The van der Waals surface area contributed by atoms with Gasteiger partial charge in [0.2, 0.25) is 0 Å². The number of hydrogen-bond acceptors (Lipinski definition) is 1. The lowest BCUT2D eigenvalue weighted by atomic mass is 10.2. The topological polar surface area (TPSA) is 9.23 Å². The molecule has 0 saturated heterocycles. The molecule has 0 spiro atoms. The van der Waals surface area contributed by atoms with E-state index in [-0.39, 0.29) is 12.5 Å². The molecule has 0 N–H and O–H groups in total. The molecule has 17 heavy (non-hydrogen) atoms. The van der Waals surface area contributed by atoms with Crippen molar-refractivity contribution in [1.29, 1.82) is 0 Å². The van der Waals surface area contributed by atoms with Gasteiger partial charge in [0.15, 0.2) is 0 Å². The Labute approximate surface area is 103 Å². The minimum Gasteiger partial charge on any atom is -0.493 e. The minimum absolute atomic E-state index is 0.240. The molecule has 0 aliphatic carbocycles. The number of benzene rings is 1. The molecule has 0 unspecified atom stereocenters. The first-order valence-electron chi connectivity index (χ1n) is 4.86. The highest BCUT2D eigenvalue weighted by Crippen LogP contribution is 2.20. The minimum atomic E-state index is -4.19. The first kappa shape index (κ1) is 13.7. The lowest BCUT2D eigenvalue weighted by Crippen LogP contribution is -2.12. The normalized spacial score (nSPS) is 10.6. The Morgan fingerprint density at radius 2 is 1.82 bits per heavy atom. The van der Waals surface area contributed by atoms with Crippen molar-refractivity contribution < 1.29 is 17.9 Å². The van der Waals surface area contributed by atoms with E-state index in [0.717, 1.165) is 5.56 Å². The number of rotatable bonds is 3. The van der Waals surface area contributed by atoms with Gasteiger partial charge in [-0.25, -0.2) is 0 Å². The molecule has 92 valence electrons. The lowest BCUT2D eigenvalue weighted by molar-refractivity contribution is -0.139. The molecular weight excluding hydrogens is 253 g/mol. The molecule has 5 heteroatoms. The maximum absolute atomic E-state index is 11.9. The van der Waals surface area contributed by atoms with E-state index in [4.69, 9.17) is 16.3 Å². The van der Waals surface area contributed by atoms with Crippen LogP contribution in [0.3, 0.4) is 0 Å². The van der Waals surface area contributed by atoms with Crippen molar-refractivity contribution in [2.24, 2.45) is 0 Å². The Kier molecular flexibility index (Phi) is 5.17. The van der Waals surface area contributed by atoms with Crippen LogP contribution in [0.4, 0.5) is 13.2 Å². The summed E-state index contributed by atoms with van der Waals surface area (Å²) in [5, 5.41) is 0. The fourth-order valence-corrected chi connectivity index (χ4v) is 1.12. The summed E-state index contributed by atoms with van der Waals surface area (Å²) in [4.78, 5) is 0. The third kappa shape index (κ3) is 6.08. The molecule has 0 atom stereocenters. The molecule has 0 aromatic heterocycles. The van der Waals surface area contributed by atoms with Crippen molar-refractivity contribution in [3.8, 4) is 17.6 Å². The van der Waals surface area contributed by atoms with Gasteiger partial charge in [-0.2, -0.15) is 13.2 Å². The van der Waals surface area contributed by atoms with Gasteiger partial charge in [-0.1, -0.05) is 11.8 Å². The molecule has 1 nitrogen and oxygen atoms in total. The summed E-state index contributed by atoms with van der Waals surface area (Å²) in [7, 11) is 0. The van der Waals surface area contributed by atoms with Crippen molar-refractivity contribution in [3.63, 3.8) is 0 Å². The van der Waals surface area contributed by atoms with Crippen molar-refractivity contribution in [2.75, 3.05) is 12.5 Å². The summed E-state index contributed by atoms with van der Waals surface area (Å²) in [5.74, 6) is 6.09. The molecule has 0 saturated carbocycles. The van der Waals surface area contributed by atoms with Gasteiger partial charge in [0, 0.05) is 5.56 Å². The van der Waals surface area contributed by atoms with Crippen molar-refractivity contribution in [1.82, 2.24) is 0 Å². The van der Waals surface area contributed by atoms with E-state index < -0.39 is 12.6 Å². The second-order valence-corrected chi connectivity index (χ2v) is 3.44. The average Bonchev–Trinajstić information content (AvgIpc) is 2.26. The SMILES string of the molecule is FC(F)(F)CCOc1ccc(C#CCCl)cc1. The second-order valence-electron chi connectivity index (χ2n) is 3.17. The van der Waals surface area contributed by atoms with Crippen molar-refractivity contribution in [2.45, 2.75) is 12.6 Å². The van der Waals surface area contributed by atoms with Crippen molar-refractivity contribution in [3.05, 3.63) is 29.8 Å². The van der Waals surface area contributed by atoms with Gasteiger partial charge in [0.25, 0.3) is 0 Å². The molecule has 1 rings (SSSR count). The first-order chi connectivity index (χ1) is 8.01. The van der Waals surface area contributed by atoms with Crippen molar-refractivity contribution >= 4 is 11.6 Å². The molecule has 0 bridgehead atoms. The average molecular weight is 263 g/mol. The van der Waals surface area contributed by atoms with E-state index in [1.807, 2.05) is 0 Å². The van der Waals surface area contributed by atoms with E-state index in [2.05, 4.69) is 11.8 Å². The van der Waals surface area contributed by atoms with Crippen LogP contribution in [-0.4, -0.2) is 18.7 Å².